The number of amides is 1. The lowest BCUT2D eigenvalue weighted by molar-refractivity contribution is 0.0753. The minimum atomic E-state index is -0.665. The molecule has 10 heteroatoms. The van der Waals surface area contributed by atoms with Crippen molar-refractivity contribution in [1.29, 1.82) is 5.41 Å². The first-order valence-electron chi connectivity index (χ1n) is 9.54. The number of hydrazone groups is 1. The maximum absolute atomic E-state index is 14.5. The van der Waals surface area contributed by atoms with Crippen LogP contribution in [0.3, 0.4) is 0 Å². The summed E-state index contributed by atoms with van der Waals surface area (Å²) in [5.74, 6) is -1.58. The van der Waals surface area contributed by atoms with E-state index >= 15 is 0 Å². The van der Waals surface area contributed by atoms with Gasteiger partial charge in [0.25, 0.3) is 5.91 Å². The molecular weight excluding hydrogens is 404 g/mol. The van der Waals surface area contributed by atoms with E-state index in [1.54, 1.807) is 29.9 Å². The SMILES string of the molecule is CCN(CCn1ccc(-c2ccc(F)cn2)n1)C(=O)c1c(F)cccc1N/N=C\C=N. The molecule has 2 aromatic heterocycles. The highest BCUT2D eigenvalue weighted by Crippen LogP contribution is 2.21. The predicted octanol–water partition coefficient (Wildman–Crippen LogP) is 3.43. The van der Waals surface area contributed by atoms with Gasteiger partial charge in [-0.25, -0.2) is 8.78 Å². The molecule has 0 aliphatic heterocycles. The van der Waals surface area contributed by atoms with E-state index in [4.69, 9.17) is 5.41 Å². The molecule has 0 saturated carbocycles. The fourth-order valence-corrected chi connectivity index (χ4v) is 2.91. The van der Waals surface area contributed by atoms with Gasteiger partial charge in [0.05, 0.1) is 30.3 Å². The lowest BCUT2D eigenvalue weighted by Crippen LogP contribution is -2.34. The Morgan fingerprint density at radius 2 is 2.10 bits per heavy atom. The fraction of sp³-hybridized carbons (Fsp3) is 0.190. The highest BCUT2D eigenvalue weighted by atomic mass is 19.1. The summed E-state index contributed by atoms with van der Waals surface area (Å²) in [7, 11) is 0. The van der Waals surface area contributed by atoms with E-state index in [9.17, 15) is 13.6 Å². The predicted molar refractivity (Wildman–Crippen MR) is 114 cm³/mol. The highest BCUT2D eigenvalue weighted by Gasteiger charge is 2.22. The summed E-state index contributed by atoms with van der Waals surface area (Å²) in [6.45, 7) is 2.84. The van der Waals surface area contributed by atoms with Crippen molar-refractivity contribution in [2.75, 3.05) is 18.5 Å². The van der Waals surface area contributed by atoms with Crippen molar-refractivity contribution in [3.63, 3.8) is 0 Å². The molecule has 0 spiro atoms. The van der Waals surface area contributed by atoms with Crippen LogP contribution >= 0.6 is 0 Å². The van der Waals surface area contributed by atoms with Crippen LogP contribution in [0.2, 0.25) is 0 Å². The van der Waals surface area contributed by atoms with Gasteiger partial charge in [0.15, 0.2) is 0 Å². The first kappa shape index (κ1) is 21.8. The van der Waals surface area contributed by atoms with E-state index in [-0.39, 0.29) is 11.3 Å². The van der Waals surface area contributed by atoms with E-state index in [2.05, 4.69) is 20.6 Å². The molecule has 3 aromatic rings. The Morgan fingerprint density at radius 1 is 1.26 bits per heavy atom. The number of carbonyl (C=O) groups excluding carboxylic acids is 1. The van der Waals surface area contributed by atoms with Gasteiger partial charge in [0.2, 0.25) is 0 Å². The number of halogens is 2. The lowest BCUT2D eigenvalue weighted by atomic mass is 10.1. The molecule has 31 heavy (non-hydrogen) atoms. The van der Waals surface area contributed by atoms with Gasteiger partial charge in [0, 0.05) is 25.5 Å². The molecule has 0 fully saturated rings. The average molecular weight is 425 g/mol. The van der Waals surface area contributed by atoms with Gasteiger partial charge >= 0.3 is 0 Å². The van der Waals surface area contributed by atoms with Gasteiger partial charge < -0.3 is 10.3 Å². The number of carbonyl (C=O) groups is 1. The molecule has 0 aliphatic carbocycles. The van der Waals surface area contributed by atoms with Crippen LogP contribution in [-0.4, -0.2) is 51.1 Å². The molecule has 2 heterocycles. The van der Waals surface area contributed by atoms with Crippen molar-refractivity contribution < 1.29 is 13.6 Å². The summed E-state index contributed by atoms with van der Waals surface area (Å²) in [5, 5.41) is 15.1. The summed E-state index contributed by atoms with van der Waals surface area (Å²) in [4.78, 5) is 18.5. The Bertz CT molecular complexity index is 1080. The number of hydrogen-bond acceptors (Lipinski definition) is 6. The molecule has 160 valence electrons. The molecule has 0 radical (unpaired) electrons. The number of anilines is 1. The van der Waals surface area contributed by atoms with Gasteiger partial charge in [-0.3, -0.25) is 19.9 Å². The summed E-state index contributed by atoms with van der Waals surface area (Å²) >= 11 is 0. The molecule has 3 rings (SSSR count). The minimum Gasteiger partial charge on any atom is -0.337 e. The van der Waals surface area contributed by atoms with Crippen molar-refractivity contribution in [3.8, 4) is 11.4 Å². The van der Waals surface area contributed by atoms with Crippen LogP contribution in [0, 0.1) is 17.0 Å². The third-order valence-corrected chi connectivity index (χ3v) is 4.46. The molecule has 1 aromatic carbocycles. The molecule has 0 atom stereocenters. The van der Waals surface area contributed by atoms with Crippen molar-refractivity contribution in [3.05, 3.63) is 66.0 Å². The zero-order valence-corrected chi connectivity index (χ0v) is 16.8. The van der Waals surface area contributed by atoms with E-state index in [1.807, 2.05) is 0 Å². The van der Waals surface area contributed by atoms with Crippen LogP contribution < -0.4 is 5.43 Å². The molecule has 0 unspecified atom stereocenters. The Kier molecular flexibility index (Phi) is 7.15. The number of rotatable bonds is 9. The number of aromatic nitrogens is 3. The third-order valence-electron chi connectivity index (χ3n) is 4.46. The maximum atomic E-state index is 14.5. The van der Waals surface area contributed by atoms with Crippen LogP contribution in [0.1, 0.15) is 17.3 Å². The third kappa shape index (κ3) is 5.35. The molecular formula is C21H21F2N7O. The number of benzene rings is 1. The lowest BCUT2D eigenvalue weighted by Gasteiger charge is -2.22. The molecule has 0 bridgehead atoms. The van der Waals surface area contributed by atoms with Gasteiger partial charge in [-0.15, -0.1) is 0 Å². The van der Waals surface area contributed by atoms with E-state index in [0.717, 1.165) is 12.4 Å². The summed E-state index contributed by atoms with van der Waals surface area (Å²) in [6, 6.07) is 8.82. The first-order chi connectivity index (χ1) is 15.0. The fourth-order valence-electron chi connectivity index (χ4n) is 2.91. The number of likely N-dealkylation sites (N-methyl/N-ethyl adjacent to an activating group) is 1. The molecule has 2 N–H and O–H groups in total. The second kappa shape index (κ2) is 10.2. The summed E-state index contributed by atoms with van der Waals surface area (Å²) in [5.41, 5.74) is 3.81. The Balaban J connectivity index is 1.72. The van der Waals surface area contributed by atoms with Gasteiger partial charge in [-0.05, 0) is 37.3 Å². The largest absolute Gasteiger partial charge is 0.337 e. The van der Waals surface area contributed by atoms with E-state index < -0.39 is 17.5 Å². The highest BCUT2D eigenvalue weighted by molar-refractivity contribution is 6.14. The molecule has 8 nitrogen and oxygen atoms in total. The van der Waals surface area contributed by atoms with Crippen LogP contribution in [0.5, 0.6) is 0 Å². The quantitative estimate of drug-likeness (QED) is 0.405. The van der Waals surface area contributed by atoms with Crippen LogP contribution in [0.25, 0.3) is 11.4 Å². The van der Waals surface area contributed by atoms with E-state index in [0.29, 0.717) is 31.0 Å². The maximum Gasteiger partial charge on any atom is 0.259 e. The zero-order valence-electron chi connectivity index (χ0n) is 16.8. The first-order valence-corrected chi connectivity index (χ1v) is 9.54. The van der Waals surface area contributed by atoms with Crippen molar-refractivity contribution in [2.24, 2.45) is 5.10 Å². The number of nitrogens with zero attached hydrogens (tertiary/aromatic N) is 5. The van der Waals surface area contributed by atoms with Crippen LogP contribution in [-0.2, 0) is 6.54 Å². The summed E-state index contributed by atoms with van der Waals surface area (Å²) in [6.07, 6.45) is 5.01. The smallest absolute Gasteiger partial charge is 0.259 e. The molecule has 0 aliphatic rings. The second-order valence-electron chi connectivity index (χ2n) is 6.43. The normalized spacial score (nSPS) is 10.9. The standard InChI is InChI=1S/C21H21F2N7O/c1-2-29(21(31)20-16(23)4-3-5-19(20)27-26-10-9-24)12-13-30-11-8-18(28-30)17-7-6-15(22)14-25-17/h3-11,14,24,27H,2,12-13H2,1H3/b24-9?,26-10-. The number of pyridine rings is 1. The zero-order chi connectivity index (χ0) is 22.2. The van der Waals surface area contributed by atoms with Crippen molar-refractivity contribution in [1.82, 2.24) is 19.7 Å². The molecule has 0 saturated heterocycles. The summed E-state index contributed by atoms with van der Waals surface area (Å²) < 4.78 is 29.1. The Labute approximate surface area is 177 Å². The Hall–Kier alpha value is -3.95. The van der Waals surface area contributed by atoms with Gasteiger partial charge in [-0.1, -0.05) is 6.07 Å². The van der Waals surface area contributed by atoms with Crippen molar-refractivity contribution >= 4 is 24.0 Å². The average Bonchev–Trinajstić information content (AvgIpc) is 3.24. The minimum absolute atomic E-state index is 0.122. The van der Waals surface area contributed by atoms with Crippen LogP contribution in [0.15, 0.2) is 53.9 Å². The monoisotopic (exact) mass is 425 g/mol. The van der Waals surface area contributed by atoms with Crippen LogP contribution in [0.4, 0.5) is 14.5 Å². The second-order valence-corrected chi connectivity index (χ2v) is 6.43. The van der Waals surface area contributed by atoms with Gasteiger partial charge in [0.1, 0.15) is 22.9 Å². The van der Waals surface area contributed by atoms with E-state index in [1.165, 1.54) is 35.4 Å². The molecule has 1 amide bonds. The number of hydrogen-bond donors (Lipinski definition) is 2. The topological polar surface area (TPSA) is 99.3 Å². The number of nitrogens with one attached hydrogen (secondary N) is 2. The van der Waals surface area contributed by atoms with Gasteiger partial charge in [-0.2, -0.15) is 10.2 Å². The Morgan fingerprint density at radius 3 is 2.81 bits per heavy atom. The van der Waals surface area contributed by atoms with Crippen molar-refractivity contribution in [2.45, 2.75) is 13.5 Å².